The lowest BCUT2D eigenvalue weighted by atomic mass is 10.1. The van der Waals surface area contributed by atoms with Crippen molar-refractivity contribution < 1.29 is 33.8 Å². The summed E-state index contributed by atoms with van der Waals surface area (Å²) in [5.41, 5.74) is -1.36. The first kappa shape index (κ1) is 30.3. The van der Waals surface area contributed by atoms with Crippen LogP contribution in [0.1, 0.15) is 65.7 Å². The standard InChI is InChI=1S/C32H40N4O7/c1-31(2,3)43-30(41)34-24-14-8-6-4-5-7-11-20-18-32(20,29(39)40)35-27(37)25-17-21(19-36(25)28(24)38)42-26-15-16-33-23-13-10-9-12-22(23)26/h4-5,9-10,12-13,15-16,20-21,24-25H,6-8,11,14,17-19H2,1-3H3,(H,34,41)(H,35,37)(H,39,40)/b5-4+/t20-,21?,24-,25-,32+/m0/s1. The van der Waals surface area contributed by atoms with E-state index in [1.54, 1.807) is 33.0 Å². The quantitative estimate of drug-likeness (QED) is 0.452. The number of aliphatic carboxylic acids is 1. The van der Waals surface area contributed by atoms with Crippen LogP contribution in [0.3, 0.4) is 0 Å². The van der Waals surface area contributed by atoms with Crippen LogP contribution in [-0.4, -0.2) is 74.7 Å². The van der Waals surface area contributed by atoms with Crippen molar-refractivity contribution in [1.82, 2.24) is 20.5 Å². The van der Waals surface area contributed by atoms with Gasteiger partial charge in [-0.25, -0.2) is 9.59 Å². The molecule has 1 aromatic carbocycles. The minimum absolute atomic E-state index is 0.0868. The summed E-state index contributed by atoms with van der Waals surface area (Å²) in [4.78, 5) is 58.8. The number of amides is 3. The Bertz CT molecular complexity index is 1410. The summed E-state index contributed by atoms with van der Waals surface area (Å²) in [6, 6.07) is 7.35. The predicted octanol–water partition coefficient (Wildman–Crippen LogP) is 3.96. The lowest BCUT2D eigenvalue weighted by Crippen LogP contribution is -2.56. The highest BCUT2D eigenvalue weighted by Crippen LogP contribution is 2.47. The number of nitrogens with one attached hydrogen (secondary N) is 2. The minimum atomic E-state index is -1.35. The van der Waals surface area contributed by atoms with Gasteiger partial charge < -0.3 is 30.1 Å². The Kier molecular flexibility index (Phi) is 8.62. The highest BCUT2D eigenvalue weighted by Gasteiger charge is 2.62. The molecule has 2 aliphatic heterocycles. The number of fused-ring (bicyclic) bond motifs is 3. The highest BCUT2D eigenvalue weighted by atomic mass is 16.6. The Hall–Kier alpha value is -4.15. The van der Waals surface area contributed by atoms with Crippen molar-refractivity contribution in [1.29, 1.82) is 0 Å². The number of carbonyl (C=O) groups is 4. The molecule has 3 N–H and O–H groups in total. The number of rotatable bonds is 4. The summed E-state index contributed by atoms with van der Waals surface area (Å²) in [5.74, 6) is -1.66. The summed E-state index contributed by atoms with van der Waals surface area (Å²) < 4.78 is 11.8. The Morgan fingerprint density at radius 3 is 2.65 bits per heavy atom. The molecule has 43 heavy (non-hydrogen) atoms. The Morgan fingerprint density at radius 2 is 1.88 bits per heavy atom. The predicted molar refractivity (Wildman–Crippen MR) is 158 cm³/mol. The first-order chi connectivity index (χ1) is 20.5. The second-order valence-electron chi connectivity index (χ2n) is 12.7. The molecule has 1 aliphatic carbocycles. The molecule has 1 unspecified atom stereocenters. The van der Waals surface area contributed by atoms with Crippen molar-refractivity contribution in [3.05, 3.63) is 48.7 Å². The first-order valence-electron chi connectivity index (χ1n) is 15.0. The summed E-state index contributed by atoms with van der Waals surface area (Å²) in [5, 5.41) is 16.4. The van der Waals surface area contributed by atoms with Crippen molar-refractivity contribution in [2.24, 2.45) is 5.92 Å². The van der Waals surface area contributed by atoms with Crippen molar-refractivity contribution in [2.45, 2.75) is 95.0 Å². The zero-order valence-corrected chi connectivity index (χ0v) is 24.9. The lowest BCUT2D eigenvalue weighted by molar-refractivity contribution is -0.146. The number of hydrogen-bond acceptors (Lipinski definition) is 7. The van der Waals surface area contributed by atoms with Crippen LogP contribution >= 0.6 is 0 Å². The van der Waals surface area contributed by atoms with E-state index in [1.165, 1.54) is 4.90 Å². The second kappa shape index (κ2) is 12.2. The number of nitrogens with zero attached hydrogens (tertiary/aromatic N) is 2. The number of alkyl carbamates (subject to hydrolysis) is 1. The van der Waals surface area contributed by atoms with Crippen LogP contribution in [0.4, 0.5) is 4.79 Å². The molecule has 1 saturated heterocycles. The average Bonchev–Trinajstić information content (AvgIpc) is 3.48. The van der Waals surface area contributed by atoms with Gasteiger partial charge in [-0.05, 0) is 83.4 Å². The Labute approximate surface area is 251 Å². The van der Waals surface area contributed by atoms with Crippen LogP contribution in [0, 0.1) is 5.92 Å². The maximum absolute atomic E-state index is 14.1. The highest BCUT2D eigenvalue weighted by molar-refractivity contribution is 5.96. The van der Waals surface area contributed by atoms with Gasteiger partial charge in [-0.15, -0.1) is 0 Å². The van der Waals surface area contributed by atoms with E-state index < -0.39 is 53.2 Å². The van der Waals surface area contributed by atoms with Gasteiger partial charge in [-0.1, -0.05) is 24.3 Å². The molecule has 11 nitrogen and oxygen atoms in total. The first-order valence-corrected chi connectivity index (χ1v) is 15.0. The molecule has 11 heteroatoms. The molecule has 0 radical (unpaired) electrons. The van der Waals surface area contributed by atoms with Crippen molar-refractivity contribution >= 4 is 34.8 Å². The SMILES string of the molecule is CC(C)(C)OC(=O)N[C@H]1CCC/C=C/CC[C@H]2C[C@@]2(C(=O)O)NC(=O)[C@@H]2CC(Oc3ccnc4ccccc34)CN2C1=O. The third-order valence-electron chi connectivity index (χ3n) is 8.29. The van der Waals surface area contributed by atoms with Crippen LogP contribution < -0.4 is 15.4 Å². The Balaban J connectivity index is 1.44. The summed E-state index contributed by atoms with van der Waals surface area (Å²) in [6.07, 6.45) is 7.88. The number of carboxylic acids is 1. The maximum atomic E-state index is 14.1. The molecule has 1 saturated carbocycles. The molecule has 230 valence electrons. The van der Waals surface area contributed by atoms with Gasteiger partial charge in [-0.3, -0.25) is 14.6 Å². The van der Waals surface area contributed by atoms with E-state index in [0.29, 0.717) is 44.3 Å². The van der Waals surface area contributed by atoms with Crippen LogP contribution in [0.25, 0.3) is 10.9 Å². The molecule has 0 bridgehead atoms. The zero-order valence-electron chi connectivity index (χ0n) is 24.9. The third kappa shape index (κ3) is 6.92. The summed E-state index contributed by atoms with van der Waals surface area (Å²) in [6.45, 7) is 5.31. The smallest absolute Gasteiger partial charge is 0.408 e. The molecular formula is C32H40N4O7. The normalized spacial score (nSPS) is 28.9. The lowest BCUT2D eigenvalue weighted by Gasteiger charge is -2.30. The fraction of sp³-hybridized carbons (Fsp3) is 0.531. The summed E-state index contributed by atoms with van der Waals surface area (Å²) >= 11 is 0. The van der Waals surface area contributed by atoms with Crippen LogP contribution in [-0.2, 0) is 19.1 Å². The topological polar surface area (TPSA) is 147 Å². The number of pyridine rings is 1. The van der Waals surface area contributed by atoms with Gasteiger partial charge in [0.2, 0.25) is 11.8 Å². The number of allylic oxidation sites excluding steroid dienone is 2. The molecule has 2 fully saturated rings. The minimum Gasteiger partial charge on any atom is -0.488 e. The second-order valence-corrected chi connectivity index (χ2v) is 12.7. The van der Waals surface area contributed by atoms with Gasteiger partial charge in [0.15, 0.2) is 0 Å². The number of aromatic nitrogens is 1. The molecule has 0 spiro atoms. The van der Waals surface area contributed by atoms with Gasteiger partial charge in [0.25, 0.3) is 0 Å². The van der Waals surface area contributed by atoms with Crippen LogP contribution in [0.15, 0.2) is 48.7 Å². The number of carbonyl (C=O) groups excluding carboxylic acids is 3. The fourth-order valence-corrected chi connectivity index (χ4v) is 6.06. The van der Waals surface area contributed by atoms with E-state index in [9.17, 15) is 24.3 Å². The maximum Gasteiger partial charge on any atom is 0.408 e. The fourth-order valence-electron chi connectivity index (χ4n) is 6.06. The number of hydrogen-bond donors (Lipinski definition) is 3. The number of carboxylic acid groups (broad SMARTS) is 1. The third-order valence-corrected chi connectivity index (χ3v) is 8.29. The van der Waals surface area contributed by atoms with E-state index in [2.05, 4.69) is 15.6 Å². The van der Waals surface area contributed by atoms with Crippen LogP contribution in [0.5, 0.6) is 5.75 Å². The van der Waals surface area contributed by atoms with Crippen molar-refractivity contribution in [3.63, 3.8) is 0 Å². The van der Waals surface area contributed by atoms with Gasteiger partial charge in [0.05, 0.1) is 12.1 Å². The van der Waals surface area contributed by atoms with Crippen LogP contribution in [0.2, 0.25) is 0 Å². The van der Waals surface area contributed by atoms with Gasteiger partial charge in [0, 0.05) is 18.0 Å². The molecule has 5 atom stereocenters. The molecule has 3 aliphatic rings. The molecule has 3 amide bonds. The zero-order chi connectivity index (χ0) is 30.8. The van der Waals surface area contributed by atoms with Crippen molar-refractivity contribution in [2.75, 3.05) is 6.54 Å². The number of para-hydroxylation sites is 1. The number of ether oxygens (including phenoxy) is 2. The average molecular weight is 593 g/mol. The molecule has 5 rings (SSSR count). The van der Waals surface area contributed by atoms with Gasteiger partial charge in [0.1, 0.15) is 35.1 Å². The monoisotopic (exact) mass is 592 g/mol. The molecule has 2 aromatic rings. The van der Waals surface area contributed by atoms with Gasteiger partial charge in [-0.2, -0.15) is 0 Å². The molecule has 3 heterocycles. The molecule has 1 aromatic heterocycles. The molecular weight excluding hydrogens is 552 g/mol. The van der Waals surface area contributed by atoms with E-state index in [0.717, 1.165) is 10.9 Å². The van der Waals surface area contributed by atoms with E-state index in [1.807, 2.05) is 36.4 Å². The summed E-state index contributed by atoms with van der Waals surface area (Å²) in [7, 11) is 0. The van der Waals surface area contributed by atoms with E-state index >= 15 is 0 Å². The Morgan fingerprint density at radius 1 is 1.12 bits per heavy atom. The van der Waals surface area contributed by atoms with E-state index in [-0.39, 0.29) is 18.9 Å². The van der Waals surface area contributed by atoms with Crippen molar-refractivity contribution in [3.8, 4) is 5.75 Å². The number of benzene rings is 1. The largest absolute Gasteiger partial charge is 0.488 e. The van der Waals surface area contributed by atoms with Gasteiger partial charge >= 0.3 is 12.1 Å². The van der Waals surface area contributed by atoms with E-state index in [4.69, 9.17) is 9.47 Å².